The van der Waals surface area contributed by atoms with Crippen LogP contribution in [-0.4, -0.2) is 14.8 Å². The Hall–Kier alpha value is -2.67. The molecular formula is C18H17ClF2N4O. The smallest absolute Gasteiger partial charge is 0.176 e. The van der Waals surface area contributed by atoms with Crippen LogP contribution < -0.4 is 10.5 Å². The fourth-order valence-corrected chi connectivity index (χ4v) is 2.95. The number of rotatable bonds is 4. The lowest BCUT2D eigenvalue weighted by molar-refractivity contribution is 0.0892. The first-order valence-electron chi connectivity index (χ1n) is 7.78. The molecule has 3 aromatic rings. The van der Waals surface area contributed by atoms with Crippen LogP contribution in [0.25, 0.3) is 11.4 Å². The number of ether oxygens (including phenoxy) is 1. The highest BCUT2D eigenvalue weighted by Gasteiger charge is 2.31. The van der Waals surface area contributed by atoms with Gasteiger partial charge in [0.05, 0.1) is 5.02 Å². The number of nitrogens with two attached hydrogens (primary N) is 1. The van der Waals surface area contributed by atoms with Gasteiger partial charge < -0.3 is 15.0 Å². The van der Waals surface area contributed by atoms with Gasteiger partial charge in [-0.25, -0.2) is 8.78 Å². The Balaban J connectivity index is 1.97. The number of benzene rings is 2. The Bertz CT molecular complexity index is 972. The number of hydrogen-bond donors (Lipinski definition) is 1. The maximum Gasteiger partial charge on any atom is 0.176 e. The van der Waals surface area contributed by atoms with E-state index < -0.39 is 17.2 Å². The molecule has 136 valence electrons. The summed E-state index contributed by atoms with van der Waals surface area (Å²) in [5, 5.41) is 8.79. The molecule has 2 aromatic carbocycles. The predicted octanol–water partition coefficient (Wildman–Crippen LogP) is 4.31. The molecule has 0 amide bonds. The summed E-state index contributed by atoms with van der Waals surface area (Å²) < 4.78 is 34.4. The van der Waals surface area contributed by atoms with Gasteiger partial charge in [-0.05, 0) is 44.2 Å². The number of aromatic nitrogens is 3. The zero-order valence-electron chi connectivity index (χ0n) is 14.4. The topological polar surface area (TPSA) is 66.0 Å². The molecule has 0 aliphatic rings. The zero-order chi connectivity index (χ0) is 19.1. The van der Waals surface area contributed by atoms with Gasteiger partial charge in [-0.1, -0.05) is 11.6 Å². The van der Waals surface area contributed by atoms with E-state index in [2.05, 4.69) is 10.2 Å². The first kappa shape index (κ1) is 18.1. The molecule has 26 heavy (non-hydrogen) atoms. The van der Waals surface area contributed by atoms with Crippen molar-refractivity contribution >= 4 is 17.3 Å². The zero-order valence-corrected chi connectivity index (χ0v) is 15.2. The van der Waals surface area contributed by atoms with Crippen molar-refractivity contribution in [2.75, 3.05) is 5.73 Å². The number of anilines is 1. The Morgan fingerprint density at radius 2 is 1.85 bits per heavy atom. The lowest BCUT2D eigenvalue weighted by Gasteiger charge is -2.25. The minimum absolute atomic E-state index is 0.0773. The molecule has 0 fully saturated rings. The molecule has 0 aliphatic carbocycles. The van der Waals surface area contributed by atoms with Crippen molar-refractivity contribution in [2.45, 2.75) is 19.4 Å². The second-order valence-corrected chi connectivity index (χ2v) is 6.74. The molecule has 0 aliphatic heterocycles. The van der Waals surface area contributed by atoms with E-state index in [-0.39, 0.29) is 5.75 Å². The number of nitrogens with zero attached hydrogens (tertiary/aromatic N) is 3. The molecule has 2 N–H and O–H groups in total. The van der Waals surface area contributed by atoms with Gasteiger partial charge in [0.15, 0.2) is 28.8 Å². The summed E-state index contributed by atoms with van der Waals surface area (Å²) in [7, 11) is 1.75. The van der Waals surface area contributed by atoms with Gasteiger partial charge in [-0.2, -0.15) is 0 Å². The Kier molecular flexibility index (Phi) is 4.58. The predicted molar refractivity (Wildman–Crippen MR) is 95.9 cm³/mol. The van der Waals surface area contributed by atoms with Crippen LogP contribution in [0.15, 0.2) is 36.4 Å². The molecule has 0 saturated carbocycles. The van der Waals surface area contributed by atoms with Crippen LogP contribution in [0, 0.1) is 11.6 Å². The van der Waals surface area contributed by atoms with Gasteiger partial charge in [0, 0.05) is 24.4 Å². The van der Waals surface area contributed by atoms with Crippen molar-refractivity contribution in [3.05, 3.63) is 58.9 Å². The van der Waals surface area contributed by atoms with Crippen molar-refractivity contribution < 1.29 is 13.5 Å². The second-order valence-electron chi connectivity index (χ2n) is 6.33. The van der Waals surface area contributed by atoms with Crippen LogP contribution in [0.3, 0.4) is 0 Å². The van der Waals surface area contributed by atoms with Crippen molar-refractivity contribution in [1.29, 1.82) is 0 Å². The Morgan fingerprint density at radius 1 is 1.12 bits per heavy atom. The van der Waals surface area contributed by atoms with Crippen molar-refractivity contribution in [3.63, 3.8) is 0 Å². The van der Waals surface area contributed by atoms with Crippen LogP contribution in [0.2, 0.25) is 5.02 Å². The van der Waals surface area contributed by atoms with E-state index in [1.165, 1.54) is 6.07 Å². The molecule has 0 bridgehead atoms. The Morgan fingerprint density at radius 3 is 2.50 bits per heavy atom. The summed E-state index contributed by atoms with van der Waals surface area (Å²) in [4.78, 5) is 0. The SMILES string of the molecule is Cn1c(-c2ccc(N)cc2Cl)nnc1C(C)(C)Oc1ccc(F)cc1F. The molecule has 1 aromatic heterocycles. The van der Waals surface area contributed by atoms with Gasteiger partial charge >= 0.3 is 0 Å². The van der Waals surface area contributed by atoms with Crippen molar-refractivity contribution in [2.24, 2.45) is 7.05 Å². The maximum absolute atomic E-state index is 13.9. The average molecular weight is 379 g/mol. The molecule has 0 spiro atoms. The summed E-state index contributed by atoms with van der Waals surface area (Å²) >= 11 is 6.25. The van der Waals surface area contributed by atoms with Gasteiger partial charge in [-0.15, -0.1) is 10.2 Å². The summed E-state index contributed by atoms with van der Waals surface area (Å²) in [5.74, 6) is -0.578. The normalized spacial score (nSPS) is 11.6. The summed E-state index contributed by atoms with van der Waals surface area (Å²) in [6.45, 7) is 3.43. The summed E-state index contributed by atoms with van der Waals surface area (Å²) in [6, 6.07) is 8.22. The first-order chi connectivity index (χ1) is 12.2. The fraction of sp³-hybridized carbons (Fsp3) is 0.222. The molecule has 5 nitrogen and oxygen atoms in total. The standard InChI is InChI=1S/C18H17ClF2N4O/c1-18(2,26-15-7-4-10(20)8-14(15)21)17-24-23-16(25(17)3)12-6-5-11(22)9-13(12)19/h4-9H,22H2,1-3H3. The summed E-state index contributed by atoms with van der Waals surface area (Å²) in [6.07, 6.45) is 0. The molecule has 0 unspecified atom stereocenters. The molecule has 1 heterocycles. The fourth-order valence-electron chi connectivity index (χ4n) is 2.68. The van der Waals surface area contributed by atoms with E-state index >= 15 is 0 Å². The molecule has 0 atom stereocenters. The van der Waals surface area contributed by atoms with Crippen molar-refractivity contribution in [1.82, 2.24) is 14.8 Å². The highest BCUT2D eigenvalue weighted by Crippen LogP contribution is 2.33. The first-order valence-corrected chi connectivity index (χ1v) is 8.16. The van der Waals surface area contributed by atoms with E-state index in [1.54, 1.807) is 43.7 Å². The quantitative estimate of drug-likeness (QED) is 0.687. The average Bonchev–Trinajstić information content (AvgIpc) is 2.92. The minimum atomic E-state index is -1.03. The maximum atomic E-state index is 13.9. The minimum Gasteiger partial charge on any atom is -0.477 e. The molecular weight excluding hydrogens is 362 g/mol. The third kappa shape index (κ3) is 3.35. The van der Waals surface area contributed by atoms with E-state index in [4.69, 9.17) is 22.1 Å². The highest BCUT2D eigenvalue weighted by molar-refractivity contribution is 6.33. The largest absolute Gasteiger partial charge is 0.477 e. The Labute approximate surface area is 154 Å². The van der Waals surface area contributed by atoms with Crippen LogP contribution in [-0.2, 0) is 12.6 Å². The van der Waals surface area contributed by atoms with E-state index in [9.17, 15) is 8.78 Å². The van der Waals surface area contributed by atoms with E-state index in [0.29, 0.717) is 27.9 Å². The summed E-state index contributed by atoms with van der Waals surface area (Å²) in [5.41, 5.74) is 5.89. The molecule has 0 saturated heterocycles. The number of halogens is 3. The van der Waals surface area contributed by atoms with Crippen LogP contribution in [0.1, 0.15) is 19.7 Å². The monoisotopic (exact) mass is 378 g/mol. The van der Waals surface area contributed by atoms with Crippen LogP contribution >= 0.6 is 11.6 Å². The van der Waals surface area contributed by atoms with Gasteiger partial charge in [-0.3, -0.25) is 0 Å². The molecule has 8 heteroatoms. The third-order valence-electron chi connectivity index (χ3n) is 3.91. The lowest BCUT2D eigenvalue weighted by atomic mass is 10.1. The second kappa shape index (κ2) is 6.57. The molecule has 0 radical (unpaired) electrons. The van der Waals surface area contributed by atoms with E-state index in [1.807, 2.05) is 0 Å². The van der Waals surface area contributed by atoms with Crippen LogP contribution in [0.5, 0.6) is 5.75 Å². The third-order valence-corrected chi connectivity index (χ3v) is 4.22. The van der Waals surface area contributed by atoms with E-state index in [0.717, 1.165) is 12.1 Å². The van der Waals surface area contributed by atoms with Gasteiger partial charge in [0.2, 0.25) is 0 Å². The van der Waals surface area contributed by atoms with Crippen LogP contribution in [0.4, 0.5) is 14.5 Å². The highest BCUT2D eigenvalue weighted by atomic mass is 35.5. The van der Waals surface area contributed by atoms with Gasteiger partial charge in [0.1, 0.15) is 5.82 Å². The van der Waals surface area contributed by atoms with Gasteiger partial charge in [0.25, 0.3) is 0 Å². The lowest BCUT2D eigenvalue weighted by Crippen LogP contribution is -2.29. The molecule has 3 rings (SSSR count). The van der Waals surface area contributed by atoms with Crippen molar-refractivity contribution in [3.8, 4) is 17.1 Å². The number of hydrogen-bond acceptors (Lipinski definition) is 4. The number of nitrogen functional groups attached to an aromatic ring is 1.